The van der Waals surface area contributed by atoms with Crippen LogP contribution in [0.15, 0.2) is 12.3 Å². The van der Waals surface area contributed by atoms with Gasteiger partial charge in [0.05, 0.1) is 21.5 Å². The first-order chi connectivity index (χ1) is 9.44. The van der Waals surface area contributed by atoms with Gasteiger partial charge in [-0.25, -0.2) is 13.4 Å². The number of nitro groups is 1. The van der Waals surface area contributed by atoms with Crippen LogP contribution in [0.3, 0.4) is 0 Å². The Morgan fingerprint density at radius 1 is 1.60 bits per heavy atom. The molecule has 8 nitrogen and oxygen atoms in total. The summed E-state index contributed by atoms with van der Waals surface area (Å²) in [5.74, 6) is 0.137. The van der Waals surface area contributed by atoms with Gasteiger partial charge in [-0.05, 0) is 12.8 Å². The van der Waals surface area contributed by atoms with Gasteiger partial charge in [-0.3, -0.25) is 10.1 Å². The fourth-order valence-corrected chi connectivity index (χ4v) is 3.85. The standard InChI is InChI=1S/C11H12N4O4S/c12-5-8-4-10(15(16)17)11(13-6-8)14-7-9-2-1-3-20(9,18)19/h4,6,9H,1-3,7H2,(H,13,14). The van der Waals surface area contributed by atoms with Crippen molar-refractivity contribution >= 4 is 21.3 Å². The molecule has 2 rings (SSSR count). The zero-order valence-electron chi connectivity index (χ0n) is 10.4. The van der Waals surface area contributed by atoms with E-state index in [1.165, 1.54) is 6.20 Å². The molecule has 1 aliphatic heterocycles. The molecule has 1 aromatic heterocycles. The predicted molar refractivity (Wildman–Crippen MR) is 70.9 cm³/mol. The normalized spacial score (nSPS) is 20.2. The summed E-state index contributed by atoms with van der Waals surface area (Å²) in [5.41, 5.74) is -0.254. The van der Waals surface area contributed by atoms with E-state index in [-0.39, 0.29) is 29.4 Å². The number of nitriles is 1. The van der Waals surface area contributed by atoms with Gasteiger partial charge in [0.25, 0.3) is 0 Å². The number of sulfone groups is 1. The van der Waals surface area contributed by atoms with Gasteiger partial charge in [0, 0.05) is 18.8 Å². The molecule has 0 aliphatic carbocycles. The zero-order valence-corrected chi connectivity index (χ0v) is 11.3. The van der Waals surface area contributed by atoms with Crippen molar-refractivity contribution in [1.82, 2.24) is 4.98 Å². The van der Waals surface area contributed by atoms with Crippen molar-refractivity contribution in [1.29, 1.82) is 5.26 Å². The molecule has 1 aliphatic rings. The third-order valence-corrected chi connectivity index (χ3v) is 5.43. The average Bonchev–Trinajstić information content (AvgIpc) is 2.75. The van der Waals surface area contributed by atoms with Crippen LogP contribution in [0.4, 0.5) is 11.5 Å². The fourth-order valence-electron chi connectivity index (χ4n) is 2.09. The van der Waals surface area contributed by atoms with Gasteiger partial charge in [-0.2, -0.15) is 5.26 Å². The minimum Gasteiger partial charge on any atom is -0.363 e. The lowest BCUT2D eigenvalue weighted by molar-refractivity contribution is -0.384. The van der Waals surface area contributed by atoms with Crippen molar-refractivity contribution in [2.24, 2.45) is 0 Å². The smallest absolute Gasteiger partial charge is 0.312 e. The van der Waals surface area contributed by atoms with E-state index in [4.69, 9.17) is 5.26 Å². The molecule has 1 atom stereocenters. The molecule has 106 valence electrons. The van der Waals surface area contributed by atoms with Crippen molar-refractivity contribution in [3.63, 3.8) is 0 Å². The van der Waals surface area contributed by atoms with Crippen LogP contribution in [-0.4, -0.2) is 35.9 Å². The number of nitrogens with zero attached hydrogens (tertiary/aromatic N) is 3. The highest BCUT2D eigenvalue weighted by atomic mass is 32.2. The molecule has 1 fully saturated rings. The zero-order chi connectivity index (χ0) is 14.8. The van der Waals surface area contributed by atoms with Gasteiger partial charge in [0.1, 0.15) is 6.07 Å². The Hall–Kier alpha value is -2.21. The maximum absolute atomic E-state index is 11.7. The summed E-state index contributed by atoms with van der Waals surface area (Å²) < 4.78 is 23.3. The summed E-state index contributed by atoms with van der Waals surface area (Å²) in [6.07, 6.45) is 2.36. The number of nitrogens with one attached hydrogen (secondary N) is 1. The summed E-state index contributed by atoms with van der Waals surface area (Å²) in [4.78, 5) is 14.1. The summed E-state index contributed by atoms with van der Waals surface area (Å²) in [6, 6.07) is 2.88. The molecular weight excluding hydrogens is 284 g/mol. The number of rotatable bonds is 4. The summed E-state index contributed by atoms with van der Waals surface area (Å²) in [7, 11) is -3.12. The van der Waals surface area contributed by atoms with E-state index in [0.717, 1.165) is 6.07 Å². The Bertz CT molecular complexity index is 680. The van der Waals surface area contributed by atoms with Gasteiger partial charge < -0.3 is 5.32 Å². The SMILES string of the molecule is N#Cc1cnc(NCC2CCCS2(=O)=O)c([N+](=O)[O-])c1. The Balaban J connectivity index is 2.18. The van der Waals surface area contributed by atoms with Crippen molar-refractivity contribution in [3.8, 4) is 6.07 Å². The van der Waals surface area contributed by atoms with Crippen LogP contribution in [0.25, 0.3) is 0 Å². The molecule has 20 heavy (non-hydrogen) atoms. The molecule has 1 aromatic rings. The van der Waals surface area contributed by atoms with E-state index < -0.39 is 20.0 Å². The molecule has 1 unspecified atom stereocenters. The van der Waals surface area contributed by atoms with Crippen molar-refractivity contribution in [2.45, 2.75) is 18.1 Å². The lowest BCUT2D eigenvalue weighted by Gasteiger charge is -2.11. The fraction of sp³-hybridized carbons (Fsp3) is 0.455. The van der Waals surface area contributed by atoms with E-state index in [0.29, 0.717) is 12.8 Å². The molecule has 2 heterocycles. The van der Waals surface area contributed by atoms with Crippen molar-refractivity contribution < 1.29 is 13.3 Å². The second-order valence-electron chi connectivity index (χ2n) is 4.47. The van der Waals surface area contributed by atoms with Crippen molar-refractivity contribution in [3.05, 3.63) is 27.9 Å². The maximum atomic E-state index is 11.7. The topological polar surface area (TPSA) is 126 Å². The van der Waals surface area contributed by atoms with Gasteiger partial charge in [-0.1, -0.05) is 0 Å². The number of anilines is 1. The molecule has 0 spiro atoms. The van der Waals surface area contributed by atoms with Crippen LogP contribution < -0.4 is 5.32 Å². The molecule has 0 amide bonds. The first kappa shape index (κ1) is 14.2. The number of hydrogen-bond acceptors (Lipinski definition) is 7. The summed E-state index contributed by atoms with van der Waals surface area (Å²) in [5, 5.41) is 21.8. The molecule has 1 saturated heterocycles. The first-order valence-electron chi connectivity index (χ1n) is 5.94. The van der Waals surface area contributed by atoms with Gasteiger partial charge in [-0.15, -0.1) is 0 Å². The molecule has 0 radical (unpaired) electrons. The Morgan fingerprint density at radius 2 is 2.35 bits per heavy atom. The first-order valence-corrected chi connectivity index (χ1v) is 7.65. The highest BCUT2D eigenvalue weighted by molar-refractivity contribution is 7.92. The quantitative estimate of drug-likeness (QED) is 0.644. The number of hydrogen-bond donors (Lipinski definition) is 1. The lowest BCUT2D eigenvalue weighted by Crippen LogP contribution is -2.25. The van der Waals surface area contributed by atoms with E-state index >= 15 is 0 Å². The third kappa shape index (κ3) is 2.85. The van der Waals surface area contributed by atoms with Crippen LogP contribution in [0.5, 0.6) is 0 Å². The second kappa shape index (κ2) is 5.42. The second-order valence-corrected chi connectivity index (χ2v) is 6.87. The highest BCUT2D eigenvalue weighted by Crippen LogP contribution is 2.25. The summed E-state index contributed by atoms with van der Waals surface area (Å²) >= 11 is 0. The van der Waals surface area contributed by atoms with Gasteiger partial charge in [0.15, 0.2) is 9.84 Å². The Labute approximate surface area is 115 Å². The van der Waals surface area contributed by atoms with Crippen LogP contribution in [0.2, 0.25) is 0 Å². The van der Waals surface area contributed by atoms with E-state index in [9.17, 15) is 18.5 Å². The van der Waals surface area contributed by atoms with E-state index in [2.05, 4.69) is 10.3 Å². The van der Waals surface area contributed by atoms with E-state index in [1.807, 2.05) is 0 Å². The minimum atomic E-state index is -3.12. The molecule has 1 N–H and O–H groups in total. The number of pyridine rings is 1. The molecule has 0 bridgehead atoms. The molecule has 9 heteroatoms. The molecular formula is C11H12N4O4S. The largest absolute Gasteiger partial charge is 0.363 e. The van der Waals surface area contributed by atoms with Crippen LogP contribution >= 0.6 is 0 Å². The predicted octanol–water partition coefficient (Wildman–Crippen LogP) is 0.851. The van der Waals surface area contributed by atoms with Gasteiger partial charge >= 0.3 is 5.69 Å². The van der Waals surface area contributed by atoms with E-state index in [1.54, 1.807) is 6.07 Å². The van der Waals surface area contributed by atoms with Crippen molar-refractivity contribution in [2.75, 3.05) is 17.6 Å². The lowest BCUT2D eigenvalue weighted by atomic mass is 10.2. The number of aromatic nitrogens is 1. The van der Waals surface area contributed by atoms with Crippen LogP contribution in [0, 0.1) is 21.4 Å². The monoisotopic (exact) mass is 296 g/mol. The van der Waals surface area contributed by atoms with Crippen LogP contribution in [0.1, 0.15) is 18.4 Å². The molecule has 0 saturated carbocycles. The minimum absolute atomic E-state index is 0.0175. The Kier molecular flexibility index (Phi) is 3.85. The Morgan fingerprint density at radius 3 is 2.90 bits per heavy atom. The summed E-state index contributed by atoms with van der Waals surface area (Å²) in [6.45, 7) is 0.0854. The maximum Gasteiger partial charge on any atom is 0.312 e. The average molecular weight is 296 g/mol. The molecule has 0 aromatic carbocycles. The highest BCUT2D eigenvalue weighted by Gasteiger charge is 2.31. The third-order valence-electron chi connectivity index (χ3n) is 3.15. The van der Waals surface area contributed by atoms with Crippen LogP contribution in [-0.2, 0) is 9.84 Å². The van der Waals surface area contributed by atoms with Gasteiger partial charge in [0.2, 0.25) is 5.82 Å².